The number of rotatable bonds is 3. The largest absolute Gasteiger partial charge is 0.478 e. The van der Waals surface area contributed by atoms with Gasteiger partial charge in [-0.15, -0.1) is 0 Å². The first kappa shape index (κ1) is 18.3. The molecule has 1 heterocycles. The van der Waals surface area contributed by atoms with Gasteiger partial charge in [0.1, 0.15) is 0 Å². The standard InChI is InChI=1S/C22H20BrNO2/c1-22(2,3)15-7-4-14(5-8-15)6-10-17-13-19(21(25)26)18-12-16(23)9-11-20(18)24-17/h4-13H,1-3H3,(H,25,26). The van der Waals surface area contributed by atoms with E-state index in [1.165, 1.54) is 5.56 Å². The molecule has 3 nitrogen and oxygen atoms in total. The van der Waals surface area contributed by atoms with Crippen molar-refractivity contribution < 1.29 is 9.90 Å². The molecular weight excluding hydrogens is 390 g/mol. The molecule has 1 aromatic heterocycles. The van der Waals surface area contributed by atoms with E-state index in [1.54, 1.807) is 12.1 Å². The Labute approximate surface area is 161 Å². The Morgan fingerprint density at radius 3 is 2.35 bits per heavy atom. The Bertz CT molecular complexity index is 999. The lowest BCUT2D eigenvalue weighted by atomic mass is 9.87. The minimum Gasteiger partial charge on any atom is -0.478 e. The highest BCUT2D eigenvalue weighted by Gasteiger charge is 2.13. The van der Waals surface area contributed by atoms with Gasteiger partial charge in [0.05, 0.1) is 16.8 Å². The second-order valence-electron chi connectivity index (χ2n) is 7.27. The lowest BCUT2D eigenvalue weighted by Crippen LogP contribution is -2.10. The highest BCUT2D eigenvalue weighted by molar-refractivity contribution is 9.10. The number of hydrogen-bond donors (Lipinski definition) is 1. The third kappa shape index (κ3) is 4.02. The number of fused-ring (bicyclic) bond motifs is 1. The SMILES string of the molecule is CC(C)(C)c1ccc(C=Cc2cc(C(=O)O)c3cc(Br)ccc3n2)cc1. The van der Waals surface area contributed by atoms with Crippen molar-refractivity contribution in [2.24, 2.45) is 0 Å². The van der Waals surface area contributed by atoms with E-state index >= 15 is 0 Å². The molecule has 3 rings (SSSR count). The van der Waals surface area contributed by atoms with Gasteiger partial charge >= 0.3 is 5.97 Å². The Morgan fingerprint density at radius 2 is 1.73 bits per heavy atom. The van der Waals surface area contributed by atoms with Crippen LogP contribution in [0, 0.1) is 0 Å². The van der Waals surface area contributed by atoms with Crippen molar-refractivity contribution in [1.29, 1.82) is 0 Å². The van der Waals surface area contributed by atoms with Crippen molar-refractivity contribution in [3.8, 4) is 0 Å². The third-order valence-corrected chi connectivity index (χ3v) is 4.74. The molecule has 0 aliphatic rings. The summed E-state index contributed by atoms with van der Waals surface area (Å²) in [6, 6.07) is 15.4. The second kappa shape index (κ2) is 7.04. The molecule has 0 saturated heterocycles. The topological polar surface area (TPSA) is 50.2 Å². The molecule has 2 aromatic carbocycles. The lowest BCUT2D eigenvalue weighted by molar-refractivity contribution is 0.0699. The number of aromatic carboxylic acids is 1. The fourth-order valence-corrected chi connectivity index (χ4v) is 3.12. The first-order valence-electron chi connectivity index (χ1n) is 8.36. The number of aromatic nitrogens is 1. The van der Waals surface area contributed by atoms with Crippen LogP contribution in [0.3, 0.4) is 0 Å². The number of nitrogens with zero attached hydrogens (tertiary/aromatic N) is 1. The highest BCUT2D eigenvalue weighted by Crippen LogP contribution is 2.25. The van der Waals surface area contributed by atoms with Crippen LogP contribution in [0.25, 0.3) is 23.1 Å². The van der Waals surface area contributed by atoms with Gasteiger partial charge in [0.25, 0.3) is 0 Å². The van der Waals surface area contributed by atoms with Crippen LogP contribution in [0.5, 0.6) is 0 Å². The van der Waals surface area contributed by atoms with Crippen molar-refractivity contribution in [3.05, 3.63) is 75.4 Å². The zero-order chi connectivity index (χ0) is 18.9. The van der Waals surface area contributed by atoms with Gasteiger partial charge in [-0.1, -0.05) is 67.0 Å². The summed E-state index contributed by atoms with van der Waals surface area (Å²) in [4.78, 5) is 16.2. The van der Waals surface area contributed by atoms with Crippen LogP contribution in [0.4, 0.5) is 0 Å². The van der Waals surface area contributed by atoms with E-state index in [0.29, 0.717) is 16.6 Å². The van der Waals surface area contributed by atoms with Crippen LogP contribution in [-0.4, -0.2) is 16.1 Å². The molecule has 0 radical (unpaired) electrons. The lowest BCUT2D eigenvalue weighted by Gasteiger charge is -2.18. The van der Waals surface area contributed by atoms with Gasteiger partial charge in [-0.3, -0.25) is 0 Å². The molecule has 26 heavy (non-hydrogen) atoms. The van der Waals surface area contributed by atoms with Gasteiger partial charge in [0.2, 0.25) is 0 Å². The van der Waals surface area contributed by atoms with Gasteiger partial charge in [-0.25, -0.2) is 9.78 Å². The third-order valence-electron chi connectivity index (χ3n) is 4.24. The van der Waals surface area contributed by atoms with E-state index in [0.717, 1.165) is 10.0 Å². The Balaban J connectivity index is 1.97. The Hall–Kier alpha value is -2.46. The Morgan fingerprint density at radius 1 is 1.04 bits per heavy atom. The van der Waals surface area contributed by atoms with E-state index in [-0.39, 0.29) is 11.0 Å². The Kier molecular flexibility index (Phi) is 4.97. The molecule has 0 saturated carbocycles. The summed E-state index contributed by atoms with van der Waals surface area (Å²) in [5.41, 5.74) is 3.98. The van der Waals surface area contributed by atoms with Crippen molar-refractivity contribution in [2.75, 3.05) is 0 Å². The smallest absolute Gasteiger partial charge is 0.336 e. The number of hydrogen-bond acceptors (Lipinski definition) is 2. The number of halogens is 1. The highest BCUT2D eigenvalue weighted by atomic mass is 79.9. The van der Waals surface area contributed by atoms with Crippen LogP contribution >= 0.6 is 15.9 Å². The van der Waals surface area contributed by atoms with E-state index in [1.807, 2.05) is 24.3 Å². The summed E-state index contributed by atoms with van der Waals surface area (Å²) >= 11 is 3.38. The number of carboxylic acids is 1. The summed E-state index contributed by atoms with van der Waals surface area (Å²) in [5.74, 6) is -0.959. The molecule has 0 atom stereocenters. The van der Waals surface area contributed by atoms with Crippen molar-refractivity contribution >= 4 is 45.0 Å². The summed E-state index contributed by atoms with van der Waals surface area (Å²) in [5, 5.41) is 10.1. The van der Waals surface area contributed by atoms with Crippen molar-refractivity contribution in [3.63, 3.8) is 0 Å². The molecule has 132 valence electrons. The molecule has 0 amide bonds. The van der Waals surface area contributed by atoms with Crippen molar-refractivity contribution in [2.45, 2.75) is 26.2 Å². The molecule has 4 heteroatoms. The normalized spacial score (nSPS) is 12.0. The fraction of sp³-hybridized carbons (Fsp3) is 0.182. The second-order valence-corrected chi connectivity index (χ2v) is 8.18. The van der Waals surface area contributed by atoms with E-state index in [2.05, 4.69) is 66.0 Å². The molecular formula is C22H20BrNO2. The minimum absolute atomic E-state index is 0.118. The van der Waals surface area contributed by atoms with Crippen LogP contribution in [0.2, 0.25) is 0 Å². The van der Waals surface area contributed by atoms with Gasteiger partial charge in [-0.05, 0) is 46.9 Å². The summed E-state index contributed by atoms with van der Waals surface area (Å²) in [6.07, 6.45) is 3.80. The molecule has 3 aromatic rings. The number of pyridine rings is 1. The van der Waals surface area contributed by atoms with Crippen LogP contribution in [-0.2, 0) is 5.41 Å². The number of carbonyl (C=O) groups is 1. The predicted octanol–water partition coefficient (Wildman–Crippen LogP) is 6.16. The maximum atomic E-state index is 11.6. The molecule has 0 aliphatic carbocycles. The van der Waals surface area contributed by atoms with Crippen LogP contribution in [0.1, 0.15) is 48.0 Å². The molecule has 0 spiro atoms. The fourth-order valence-electron chi connectivity index (χ4n) is 2.76. The number of benzene rings is 2. The molecule has 1 N–H and O–H groups in total. The average molecular weight is 410 g/mol. The summed E-state index contributed by atoms with van der Waals surface area (Å²) < 4.78 is 0.830. The first-order chi connectivity index (χ1) is 12.2. The quantitative estimate of drug-likeness (QED) is 0.562. The van der Waals surface area contributed by atoms with E-state index in [9.17, 15) is 9.90 Å². The number of carboxylic acid groups (broad SMARTS) is 1. The van der Waals surface area contributed by atoms with Gasteiger partial charge < -0.3 is 5.11 Å². The minimum atomic E-state index is -0.959. The molecule has 0 unspecified atom stereocenters. The van der Waals surface area contributed by atoms with Crippen molar-refractivity contribution in [1.82, 2.24) is 4.98 Å². The van der Waals surface area contributed by atoms with Gasteiger partial charge in [-0.2, -0.15) is 0 Å². The zero-order valence-electron chi connectivity index (χ0n) is 15.0. The predicted molar refractivity (Wildman–Crippen MR) is 110 cm³/mol. The van der Waals surface area contributed by atoms with Crippen LogP contribution < -0.4 is 0 Å². The molecule has 0 fully saturated rings. The first-order valence-corrected chi connectivity index (χ1v) is 9.15. The maximum Gasteiger partial charge on any atom is 0.336 e. The average Bonchev–Trinajstić information content (AvgIpc) is 2.59. The summed E-state index contributed by atoms with van der Waals surface area (Å²) in [7, 11) is 0. The van der Waals surface area contributed by atoms with E-state index in [4.69, 9.17) is 0 Å². The summed E-state index contributed by atoms with van der Waals surface area (Å²) in [6.45, 7) is 6.55. The van der Waals surface area contributed by atoms with E-state index < -0.39 is 5.97 Å². The van der Waals surface area contributed by atoms with Gasteiger partial charge in [0, 0.05) is 9.86 Å². The monoisotopic (exact) mass is 409 g/mol. The van der Waals surface area contributed by atoms with Gasteiger partial charge in [0.15, 0.2) is 0 Å². The maximum absolute atomic E-state index is 11.6. The van der Waals surface area contributed by atoms with Crippen LogP contribution in [0.15, 0.2) is 53.0 Å². The molecule has 0 aliphatic heterocycles. The zero-order valence-corrected chi connectivity index (χ0v) is 16.5. The molecule has 0 bridgehead atoms.